The first-order valence-corrected chi connectivity index (χ1v) is 9.33. The number of hydrogen-bond donors (Lipinski definition) is 6. The molecule has 0 aromatic rings. The van der Waals surface area contributed by atoms with Crippen LogP contribution in [0, 0.1) is 0 Å². The molecule has 4 atom stereocenters. The summed E-state index contributed by atoms with van der Waals surface area (Å²) in [5.74, 6) is -2.50. The molecule has 1 rings (SSSR count). The van der Waals surface area contributed by atoms with E-state index in [1.54, 1.807) is 0 Å². The maximum absolute atomic E-state index is 12.5. The van der Waals surface area contributed by atoms with Crippen molar-refractivity contribution in [1.82, 2.24) is 21.3 Å². The molecule has 1 aliphatic rings. The lowest BCUT2D eigenvalue weighted by molar-refractivity contribution is -0.141. The van der Waals surface area contributed by atoms with Crippen LogP contribution in [-0.2, 0) is 19.2 Å². The number of nitrogens with two attached hydrogens (primary N) is 1. The summed E-state index contributed by atoms with van der Waals surface area (Å²) >= 11 is 0. The Bertz CT molecular complexity index is 536. The molecule has 0 aromatic carbocycles. The van der Waals surface area contributed by atoms with Crippen molar-refractivity contribution in [3.05, 3.63) is 0 Å². The first-order valence-electron chi connectivity index (χ1n) is 9.33. The van der Waals surface area contributed by atoms with Gasteiger partial charge in [-0.25, -0.2) is 0 Å². The first-order chi connectivity index (χ1) is 12.8. The van der Waals surface area contributed by atoms with Crippen LogP contribution in [0.1, 0.15) is 46.0 Å². The molecule has 0 aromatic heterocycles. The van der Waals surface area contributed by atoms with Crippen molar-refractivity contribution < 1.29 is 24.3 Å². The monoisotopic (exact) mass is 385 g/mol. The Morgan fingerprint density at radius 3 is 2.30 bits per heavy atom. The number of carbonyl (C=O) groups excluding carboxylic acids is 3. The number of hydrogen-bond acceptors (Lipinski definition) is 6. The van der Waals surface area contributed by atoms with Crippen LogP contribution in [0.5, 0.6) is 0 Å². The highest BCUT2D eigenvalue weighted by molar-refractivity contribution is 5.93. The molecule has 3 amide bonds. The molecule has 1 saturated heterocycles. The Kier molecular flexibility index (Phi) is 9.73. The normalized spacial score (nSPS) is 19.6. The minimum atomic E-state index is -1.17. The van der Waals surface area contributed by atoms with Crippen molar-refractivity contribution in [1.29, 1.82) is 0 Å². The molecule has 27 heavy (non-hydrogen) atoms. The molecule has 10 nitrogen and oxygen atoms in total. The lowest BCUT2D eigenvalue weighted by Crippen LogP contribution is -2.56. The van der Waals surface area contributed by atoms with E-state index in [4.69, 9.17) is 10.8 Å². The minimum Gasteiger partial charge on any atom is -0.480 e. The van der Waals surface area contributed by atoms with Gasteiger partial charge in [0.1, 0.15) is 18.1 Å². The Balaban J connectivity index is 2.63. The van der Waals surface area contributed by atoms with Crippen molar-refractivity contribution in [3.8, 4) is 0 Å². The number of carboxylic acid groups (broad SMARTS) is 1. The van der Waals surface area contributed by atoms with E-state index in [-0.39, 0.29) is 11.9 Å². The van der Waals surface area contributed by atoms with Crippen LogP contribution < -0.4 is 27.0 Å². The molecule has 7 N–H and O–H groups in total. The summed E-state index contributed by atoms with van der Waals surface area (Å²) in [6, 6.07) is -3.09. The molecule has 0 radical (unpaired) electrons. The van der Waals surface area contributed by atoms with Gasteiger partial charge in [0.15, 0.2) is 0 Å². The molecule has 0 aliphatic carbocycles. The molecule has 0 spiro atoms. The van der Waals surface area contributed by atoms with E-state index in [1.165, 1.54) is 13.8 Å². The van der Waals surface area contributed by atoms with Gasteiger partial charge in [-0.3, -0.25) is 19.2 Å². The summed E-state index contributed by atoms with van der Waals surface area (Å²) in [5.41, 5.74) is 5.48. The number of carboxylic acids is 1. The van der Waals surface area contributed by atoms with Gasteiger partial charge in [-0.1, -0.05) is 0 Å². The van der Waals surface area contributed by atoms with Crippen molar-refractivity contribution in [2.24, 2.45) is 5.73 Å². The van der Waals surface area contributed by atoms with Crippen LogP contribution in [-0.4, -0.2) is 66.1 Å². The van der Waals surface area contributed by atoms with Crippen molar-refractivity contribution >= 4 is 23.7 Å². The molecule has 1 heterocycles. The highest BCUT2D eigenvalue weighted by Gasteiger charge is 2.29. The lowest BCUT2D eigenvalue weighted by Gasteiger charge is -2.23. The van der Waals surface area contributed by atoms with Crippen LogP contribution in [0.15, 0.2) is 0 Å². The van der Waals surface area contributed by atoms with Gasteiger partial charge in [-0.15, -0.1) is 0 Å². The maximum atomic E-state index is 12.5. The molecule has 1 aliphatic heterocycles. The summed E-state index contributed by atoms with van der Waals surface area (Å²) in [5, 5.41) is 19.5. The van der Waals surface area contributed by atoms with E-state index in [9.17, 15) is 19.2 Å². The number of carbonyl (C=O) groups is 4. The third kappa shape index (κ3) is 7.92. The number of aliphatic carboxylic acids is 1. The average molecular weight is 385 g/mol. The van der Waals surface area contributed by atoms with Crippen molar-refractivity contribution in [2.45, 2.75) is 70.1 Å². The molecule has 1 fully saturated rings. The molecule has 4 unspecified atom stereocenters. The highest BCUT2D eigenvalue weighted by atomic mass is 16.4. The van der Waals surface area contributed by atoms with E-state index < -0.39 is 35.9 Å². The van der Waals surface area contributed by atoms with E-state index in [0.717, 1.165) is 19.4 Å². The molecule has 154 valence electrons. The second-order valence-electron chi connectivity index (χ2n) is 6.79. The highest BCUT2D eigenvalue weighted by Crippen LogP contribution is 2.07. The predicted molar refractivity (Wildman–Crippen MR) is 98.7 cm³/mol. The standard InChI is InChI=1S/C17H31N5O5/c1-10(14(23)21-11(2)17(26)27)20-16(25)13(6-3-4-8-18)22-15(24)12-7-5-9-19-12/h10-13,19H,3-9,18H2,1-2H3,(H,20,25)(H,21,23)(H,22,24)(H,26,27). The van der Waals surface area contributed by atoms with Gasteiger partial charge in [0, 0.05) is 0 Å². The Morgan fingerprint density at radius 2 is 1.74 bits per heavy atom. The van der Waals surface area contributed by atoms with Crippen LogP contribution >= 0.6 is 0 Å². The zero-order valence-corrected chi connectivity index (χ0v) is 15.9. The van der Waals surface area contributed by atoms with Crippen LogP contribution in [0.2, 0.25) is 0 Å². The SMILES string of the molecule is CC(NC(=O)C(C)NC(=O)C(CCCCN)NC(=O)C1CCCN1)C(=O)O. The molecular formula is C17H31N5O5. The van der Waals surface area contributed by atoms with E-state index in [0.29, 0.717) is 25.8 Å². The van der Waals surface area contributed by atoms with Gasteiger partial charge in [0.2, 0.25) is 17.7 Å². The molecular weight excluding hydrogens is 354 g/mol. The fourth-order valence-corrected chi connectivity index (χ4v) is 2.72. The summed E-state index contributed by atoms with van der Waals surface area (Å²) in [6.07, 6.45) is 3.40. The van der Waals surface area contributed by atoms with E-state index in [2.05, 4.69) is 21.3 Å². The van der Waals surface area contributed by atoms with Gasteiger partial charge in [0.25, 0.3) is 0 Å². The Morgan fingerprint density at radius 1 is 1.07 bits per heavy atom. The zero-order valence-electron chi connectivity index (χ0n) is 15.9. The van der Waals surface area contributed by atoms with Crippen LogP contribution in [0.25, 0.3) is 0 Å². The van der Waals surface area contributed by atoms with Gasteiger partial charge in [-0.05, 0) is 59.0 Å². The third-order valence-electron chi connectivity index (χ3n) is 4.44. The summed E-state index contributed by atoms with van der Waals surface area (Å²) in [4.78, 5) is 47.7. The first kappa shape index (κ1) is 22.8. The number of unbranched alkanes of at least 4 members (excludes halogenated alkanes) is 1. The van der Waals surface area contributed by atoms with Gasteiger partial charge < -0.3 is 32.1 Å². The van der Waals surface area contributed by atoms with E-state index in [1.807, 2.05) is 0 Å². The number of nitrogens with one attached hydrogen (secondary N) is 4. The summed E-state index contributed by atoms with van der Waals surface area (Å²) < 4.78 is 0. The smallest absolute Gasteiger partial charge is 0.325 e. The van der Waals surface area contributed by atoms with Gasteiger partial charge in [-0.2, -0.15) is 0 Å². The predicted octanol–water partition coefficient (Wildman–Crippen LogP) is -1.55. The fourth-order valence-electron chi connectivity index (χ4n) is 2.72. The topological polar surface area (TPSA) is 163 Å². The average Bonchev–Trinajstić information content (AvgIpc) is 3.15. The third-order valence-corrected chi connectivity index (χ3v) is 4.44. The summed E-state index contributed by atoms with van der Waals surface area (Å²) in [7, 11) is 0. The maximum Gasteiger partial charge on any atom is 0.325 e. The van der Waals surface area contributed by atoms with Gasteiger partial charge >= 0.3 is 5.97 Å². The van der Waals surface area contributed by atoms with Crippen molar-refractivity contribution in [2.75, 3.05) is 13.1 Å². The van der Waals surface area contributed by atoms with Crippen molar-refractivity contribution in [3.63, 3.8) is 0 Å². The zero-order chi connectivity index (χ0) is 20.4. The van der Waals surface area contributed by atoms with Crippen LogP contribution in [0.3, 0.4) is 0 Å². The molecule has 10 heteroatoms. The summed E-state index contributed by atoms with van der Waals surface area (Å²) in [6.45, 7) is 4.04. The Labute approximate surface area is 159 Å². The van der Waals surface area contributed by atoms with Crippen LogP contribution in [0.4, 0.5) is 0 Å². The molecule has 0 saturated carbocycles. The quantitative estimate of drug-likeness (QED) is 0.234. The number of amides is 3. The minimum absolute atomic E-state index is 0.239. The lowest BCUT2D eigenvalue weighted by atomic mass is 10.1. The fraction of sp³-hybridized carbons (Fsp3) is 0.765. The number of rotatable bonds is 11. The molecule has 0 bridgehead atoms. The largest absolute Gasteiger partial charge is 0.480 e. The van der Waals surface area contributed by atoms with E-state index >= 15 is 0 Å². The second kappa shape index (κ2) is 11.5. The Hall–Kier alpha value is -2.20. The van der Waals surface area contributed by atoms with Gasteiger partial charge in [0.05, 0.1) is 6.04 Å². The second-order valence-corrected chi connectivity index (χ2v) is 6.79.